The Morgan fingerprint density at radius 2 is 1.74 bits per heavy atom. The Morgan fingerprint density at radius 1 is 0.974 bits per heavy atom. The van der Waals surface area contributed by atoms with E-state index < -0.39 is 17.6 Å². The van der Waals surface area contributed by atoms with Crippen LogP contribution in [0, 0.1) is 0 Å². The molecule has 0 unspecified atom stereocenters. The lowest BCUT2D eigenvalue weighted by atomic mass is 10.1. The van der Waals surface area contributed by atoms with Gasteiger partial charge in [0.05, 0.1) is 17.0 Å². The van der Waals surface area contributed by atoms with Gasteiger partial charge in [-0.15, -0.1) is 0 Å². The summed E-state index contributed by atoms with van der Waals surface area (Å²) in [6.45, 7) is 0.338. The second-order valence-corrected chi connectivity index (χ2v) is 9.05. The topological polar surface area (TPSA) is 96.3 Å². The molecule has 3 aromatic carbocycles. The molecule has 0 bridgehead atoms. The number of rotatable bonds is 6. The van der Waals surface area contributed by atoms with Crippen molar-refractivity contribution in [2.45, 2.75) is 31.5 Å². The summed E-state index contributed by atoms with van der Waals surface area (Å²) in [5.41, 5.74) is 1.51. The number of phenols is 1. The zero-order valence-corrected chi connectivity index (χ0v) is 20.0. The summed E-state index contributed by atoms with van der Waals surface area (Å²) in [6, 6.07) is 19.2. The van der Waals surface area contributed by atoms with Crippen LogP contribution in [0.3, 0.4) is 0 Å². The summed E-state index contributed by atoms with van der Waals surface area (Å²) in [7, 11) is 0. The summed E-state index contributed by atoms with van der Waals surface area (Å²) in [6.07, 6.45) is -2.70. The van der Waals surface area contributed by atoms with E-state index in [0.29, 0.717) is 17.8 Å². The number of nitrogens with one attached hydrogen (secondary N) is 2. The number of alkyl halides is 3. The summed E-state index contributed by atoms with van der Waals surface area (Å²) in [5, 5.41) is 20.5. The normalized spacial score (nSPS) is 13.2. The Morgan fingerprint density at radius 3 is 2.42 bits per heavy atom. The highest BCUT2D eigenvalue weighted by molar-refractivity contribution is 6.04. The zero-order chi connectivity index (χ0) is 26.9. The number of amides is 2. The number of aromatic nitrogens is 2. The van der Waals surface area contributed by atoms with Gasteiger partial charge in [-0.3, -0.25) is 4.79 Å². The van der Waals surface area contributed by atoms with Crippen LogP contribution in [0.25, 0.3) is 11.3 Å². The predicted octanol–water partition coefficient (Wildman–Crippen LogP) is 6.16. The van der Waals surface area contributed by atoms with E-state index in [1.165, 1.54) is 28.9 Å². The van der Waals surface area contributed by atoms with Gasteiger partial charge in [0.25, 0.3) is 5.91 Å². The number of anilines is 1. The van der Waals surface area contributed by atoms with Crippen LogP contribution in [0.1, 0.15) is 45.9 Å². The predicted molar refractivity (Wildman–Crippen MR) is 135 cm³/mol. The molecule has 1 heterocycles. The first kappa shape index (κ1) is 25.1. The third-order valence-electron chi connectivity index (χ3n) is 6.20. The number of benzene rings is 3. The highest BCUT2D eigenvalue weighted by Gasteiger charge is 2.32. The van der Waals surface area contributed by atoms with Crippen molar-refractivity contribution in [3.05, 3.63) is 101 Å². The van der Waals surface area contributed by atoms with Crippen molar-refractivity contribution >= 4 is 17.6 Å². The van der Waals surface area contributed by atoms with Gasteiger partial charge < -0.3 is 15.7 Å². The molecule has 7 nitrogen and oxygen atoms in total. The Balaban J connectivity index is 1.33. The molecule has 4 aromatic rings. The van der Waals surface area contributed by atoms with Crippen LogP contribution >= 0.6 is 0 Å². The fourth-order valence-corrected chi connectivity index (χ4v) is 4.07. The SMILES string of the molecule is O=C(Nc1ccc(-c2cc(C3CC3)n(C(=O)NCc3ccccc3)n2)c(O)c1)c1cccc(C(F)(F)F)c1. The summed E-state index contributed by atoms with van der Waals surface area (Å²) in [5.74, 6) is -0.756. The molecule has 1 fully saturated rings. The first-order valence-corrected chi connectivity index (χ1v) is 11.9. The van der Waals surface area contributed by atoms with Crippen molar-refractivity contribution in [2.24, 2.45) is 0 Å². The maximum atomic E-state index is 13.0. The van der Waals surface area contributed by atoms with Gasteiger partial charge in [-0.25, -0.2) is 4.79 Å². The average molecular weight is 521 g/mol. The van der Waals surface area contributed by atoms with E-state index in [1.807, 2.05) is 30.3 Å². The lowest BCUT2D eigenvalue weighted by Gasteiger charge is -2.10. The van der Waals surface area contributed by atoms with E-state index in [1.54, 1.807) is 6.07 Å². The van der Waals surface area contributed by atoms with Crippen LogP contribution in [0.4, 0.5) is 23.7 Å². The van der Waals surface area contributed by atoms with E-state index >= 15 is 0 Å². The van der Waals surface area contributed by atoms with Crippen molar-refractivity contribution in [3.8, 4) is 17.0 Å². The van der Waals surface area contributed by atoms with Crippen molar-refractivity contribution in [2.75, 3.05) is 5.32 Å². The molecule has 1 saturated carbocycles. The van der Waals surface area contributed by atoms with Crippen LogP contribution in [-0.4, -0.2) is 26.8 Å². The third-order valence-corrected chi connectivity index (χ3v) is 6.20. The third kappa shape index (κ3) is 5.54. The Hall–Kier alpha value is -4.60. The molecular formula is C28H23F3N4O3. The summed E-state index contributed by atoms with van der Waals surface area (Å²) < 4.78 is 40.2. The number of carbonyl (C=O) groups excluding carboxylic acids is 2. The molecule has 38 heavy (non-hydrogen) atoms. The Bertz CT molecular complexity index is 1490. The van der Waals surface area contributed by atoms with Crippen molar-refractivity contribution in [3.63, 3.8) is 0 Å². The van der Waals surface area contributed by atoms with E-state index in [2.05, 4.69) is 15.7 Å². The zero-order valence-electron chi connectivity index (χ0n) is 20.0. The molecule has 0 radical (unpaired) electrons. The molecule has 3 N–H and O–H groups in total. The van der Waals surface area contributed by atoms with Crippen molar-refractivity contribution in [1.82, 2.24) is 15.1 Å². The Labute approximate surface area is 215 Å². The fraction of sp³-hybridized carbons (Fsp3) is 0.179. The number of nitrogens with zero attached hydrogens (tertiary/aromatic N) is 2. The number of hydrogen-bond acceptors (Lipinski definition) is 4. The molecular weight excluding hydrogens is 497 g/mol. The number of aromatic hydroxyl groups is 1. The quantitative estimate of drug-likeness (QED) is 0.284. The van der Waals surface area contributed by atoms with E-state index in [-0.39, 0.29) is 28.9 Å². The van der Waals surface area contributed by atoms with Crippen LogP contribution in [0.2, 0.25) is 0 Å². The Kier molecular flexibility index (Phi) is 6.62. The van der Waals surface area contributed by atoms with Crippen LogP contribution in [0.15, 0.2) is 78.9 Å². The number of phenolic OH excluding ortho intramolecular Hbond substituents is 1. The largest absolute Gasteiger partial charge is 0.507 e. The highest BCUT2D eigenvalue weighted by Crippen LogP contribution is 2.42. The van der Waals surface area contributed by atoms with Crippen LogP contribution in [0.5, 0.6) is 5.75 Å². The smallest absolute Gasteiger partial charge is 0.416 e. The molecule has 194 valence electrons. The van der Waals surface area contributed by atoms with E-state index in [9.17, 15) is 27.9 Å². The number of halogens is 3. The molecule has 5 rings (SSSR count). The van der Waals surface area contributed by atoms with Crippen molar-refractivity contribution in [1.29, 1.82) is 0 Å². The molecule has 2 amide bonds. The highest BCUT2D eigenvalue weighted by atomic mass is 19.4. The summed E-state index contributed by atoms with van der Waals surface area (Å²) in [4.78, 5) is 25.4. The molecule has 0 spiro atoms. The van der Waals surface area contributed by atoms with Gasteiger partial charge in [0.1, 0.15) is 5.75 Å². The minimum atomic E-state index is -4.57. The molecule has 1 aromatic heterocycles. The van der Waals surface area contributed by atoms with Crippen LogP contribution < -0.4 is 10.6 Å². The van der Waals surface area contributed by atoms with Crippen LogP contribution in [-0.2, 0) is 12.7 Å². The molecule has 1 aliphatic carbocycles. The van der Waals surface area contributed by atoms with Gasteiger partial charge in [-0.1, -0.05) is 36.4 Å². The number of carbonyl (C=O) groups is 2. The first-order valence-electron chi connectivity index (χ1n) is 11.9. The molecule has 0 aliphatic heterocycles. The monoisotopic (exact) mass is 520 g/mol. The average Bonchev–Trinajstić information content (AvgIpc) is 3.66. The second kappa shape index (κ2) is 10.0. The minimum absolute atomic E-state index is 0.169. The van der Waals surface area contributed by atoms with Gasteiger partial charge in [-0.2, -0.15) is 23.0 Å². The maximum Gasteiger partial charge on any atom is 0.416 e. The van der Waals surface area contributed by atoms with Gasteiger partial charge >= 0.3 is 12.2 Å². The molecule has 0 atom stereocenters. The van der Waals surface area contributed by atoms with E-state index in [4.69, 9.17) is 0 Å². The first-order chi connectivity index (χ1) is 18.2. The standard InChI is InChI=1S/C28H23F3N4O3/c29-28(30,31)20-8-4-7-19(13-20)26(37)33-21-11-12-22(25(36)14-21)23-15-24(18-9-10-18)35(34-23)27(38)32-16-17-5-2-1-3-6-17/h1-8,11-15,18,36H,9-10,16H2,(H,32,38)(H,33,37). The van der Waals surface area contributed by atoms with Gasteiger partial charge in [0.15, 0.2) is 0 Å². The number of hydrogen-bond donors (Lipinski definition) is 3. The van der Waals surface area contributed by atoms with Crippen molar-refractivity contribution < 1.29 is 27.9 Å². The maximum absolute atomic E-state index is 13.0. The molecule has 1 aliphatic rings. The molecule has 10 heteroatoms. The van der Waals surface area contributed by atoms with Gasteiger partial charge in [-0.05, 0) is 54.8 Å². The van der Waals surface area contributed by atoms with Gasteiger partial charge in [0.2, 0.25) is 0 Å². The van der Waals surface area contributed by atoms with Gasteiger partial charge in [0, 0.05) is 35.3 Å². The molecule has 0 saturated heterocycles. The summed E-state index contributed by atoms with van der Waals surface area (Å²) >= 11 is 0. The minimum Gasteiger partial charge on any atom is -0.507 e. The fourth-order valence-electron chi connectivity index (χ4n) is 4.07. The lowest BCUT2D eigenvalue weighted by Crippen LogP contribution is -2.30. The second-order valence-electron chi connectivity index (χ2n) is 9.05. The van der Waals surface area contributed by atoms with E-state index in [0.717, 1.165) is 42.3 Å². The lowest BCUT2D eigenvalue weighted by molar-refractivity contribution is -0.137.